The van der Waals surface area contributed by atoms with Crippen LogP contribution in [0.15, 0.2) is 60.7 Å². The Kier molecular flexibility index (Phi) is 5.21. The normalized spacial score (nSPS) is 11.0. The van der Waals surface area contributed by atoms with Gasteiger partial charge >= 0.3 is 0 Å². The van der Waals surface area contributed by atoms with Gasteiger partial charge in [-0.15, -0.1) is 0 Å². The van der Waals surface area contributed by atoms with Gasteiger partial charge in [-0.05, 0) is 63.6 Å². The van der Waals surface area contributed by atoms with E-state index >= 15 is 0 Å². The van der Waals surface area contributed by atoms with Gasteiger partial charge in [-0.3, -0.25) is 4.79 Å². The molecule has 0 aliphatic carbocycles. The number of rotatable bonds is 5. The number of aromatic nitrogens is 2. The highest BCUT2D eigenvalue weighted by Crippen LogP contribution is 2.17. The van der Waals surface area contributed by atoms with Crippen molar-refractivity contribution < 1.29 is 4.79 Å². The first-order valence-electron chi connectivity index (χ1n) is 8.94. The molecule has 0 aliphatic heterocycles. The fourth-order valence-electron chi connectivity index (χ4n) is 3.07. The van der Waals surface area contributed by atoms with Gasteiger partial charge in [0, 0.05) is 23.8 Å². The Morgan fingerprint density at radius 1 is 1.04 bits per heavy atom. The minimum atomic E-state index is 0.0452. The summed E-state index contributed by atoms with van der Waals surface area (Å²) in [7, 11) is 0. The molecule has 0 saturated heterocycles. The van der Waals surface area contributed by atoms with Crippen molar-refractivity contribution in [3.8, 4) is 5.69 Å². The van der Waals surface area contributed by atoms with Crippen LogP contribution in [0.4, 0.5) is 0 Å². The first-order chi connectivity index (χ1) is 12.5. The molecule has 0 unspecified atom stereocenters. The monoisotopic (exact) mass is 347 g/mol. The molecule has 26 heavy (non-hydrogen) atoms. The average molecular weight is 347 g/mol. The van der Waals surface area contributed by atoms with Crippen LogP contribution in [-0.2, 0) is 6.54 Å². The van der Waals surface area contributed by atoms with E-state index in [1.807, 2.05) is 85.8 Å². The number of nitrogens with zero attached hydrogens (tertiary/aromatic N) is 3. The highest BCUT2D eigenvalue weighted by molar-refractivity contribution is 5.94. The molecule has 134 valence electrons. The molecule has 0 N–H and O–H groups in total. The molecule has 0 radical (unpaired) electrons. The second-order valence-electron chi connectivity index (χ2n) is 6.90. The second kappa shape index (κ2) is 7.56. The summed E-state index contributed by atoms with van der Waals surface area (Å²) >= 11 is 0. The molecule has 0 saturated carbocycles. The third kappa shape index (κ3) is 3.85. The number of aryl methyl sites for hydroxylation is 2. The molecule has 2 aromatic carbocycles. The number of carbonyl (C=O) groups is 1. The lowest BCUT2D eigenvalue weighted by Gasteiger charge is -2.27. The predicted octanol–water partition coefficient (Wildman–Crippen LogP) is 4.54. The van der Waals surface area contributed by atoms with Gasteiger partial charge in [0.15, 0.2) is 0 Å². The highest BCUT2D eigenvalue weighted by atomic mass is 16.2. The molecule has 0 bridgehead atoms. The van der Waals surface area contributed by atoms with Crippen LogP contribution in [-0.4, -0.2) is 26.6 Å². The van der Waals surface area contributed by atoms with E-state index in [0.29, 0.717) is 12.1 Å². The van der Waals surface area contributed by atoms with Crippen molar-refractivity contribution in [1.29, 1.82) is 0 Å². The molecule has 4 heteroatoms. The quantitative estimate of drug-likeness (QED) is 0.679. The third-order valence-electron chi connectivity index (χ3n) is 4.45. The lowest BCUT2D eigenvalue weighted by molar-refractivity contribution is 0.0690. The molecule has 0 spiro atoms. The summed E-state index contributed by atoms with van der Waals surface area (Å²) in [5.74, 6) is 0.0452. The van der Waals surface area contributed by atoms with Gasteiger partial charge in [0.05, 0.1) is 11.4 Å². The van der Waals surface area contributed by atoms with Gasteiger partial charge in [-0.2, -0.15) is 5.10 Å². The molecular weight excluding hydrogens is 322 g/mol. The maximum absolute atomic E-state index is 13.0. The molecule has 1 amide bonds. The summed E-state index contributed by atoms with van der Waals surface area (Å²) in [4.78, 5) is 14.9. The Hall–Kier alpha value is -2.88. The van der Waals surface area contributed by atoms with Crippen LogP contribution < -0.4 is 0 Å². The van der Waals surface area contributed by atoms with E-state index in [1.54, 1.807) is 0 Å². The number of amides is 1. The van der Waals surface area contributed by atoms with Crippen LogP contribution in [0, 0.1) is 13.8 Å². The molecular formula is C22H25N3O. The minimum Gasteiger partial charge on any atom is -0.332 e. The fourth-order valence-corrected chi connectivity index (χ4v) is 3.07. The average Bonchev–Trinajstić information content (AvgIpc) is 2.98. The van der Waals surface area contributed by atoms with Crippen molar-refractivity contribution in [2.45, 2.75) is 40.3 Å². The Morgan fingerprint density at radius 3 is 2.23 bits per heavy atom. The van der Waals surface area contributed by atoms with Gasteiger partial charge in [-0.1, -0.05) is 30.3 Å². The van der Waals surface area contributed by atoms with Crippen molar-refractivity contribution in [2.75, 3.05) is 0 Å². The molecule has 0 atom stereocenters. The molecule has 3 aromatic rings. The van der Waals surface area contributed by atoms with E-state index in [1.165, 1.54) is 0 Å². The second-order valence-corrected chi connectivity index (χ2v) is 6.90. The van der Waals surface area contributed by atoms with Crippen LogP contribution in [0.5, 0.6) is 0 Å². The Labute approximate surface area is 155 Å². The first-order valence-corrected chi connectivity index (χ1v) is 8.94. The summed E-state index contributed by atoms with van der Waals surface area (Å²) in [6, 6.07) is 19.9. The van der Waals surface area contributed by atoms with Crippen molar-refractivity contribution in [3.05, 3.63) is 83.2 Å². The van der Waals surface area contributed by atoms with Crippen LogP contribution in [0.3, 0.4) is 0 Å². The van der Waals surface area contributed by atoms with E-state index in [0.717, 1.165) is 22.6 Å². The van der Waals surface area contributed by atoms with Gasteiger partial charge in [-0.25, -0.2) is 4.68 Å². The summed E-state index contributed by atoms with van der Waals surface area (Å²) in [5, 5.41) is 4.50. The lowest BCUT2D eigenvalue weighted by Crippen LogP contribution is -2.36. The Balaban J connectivity index is 1.82. The maximum Gasteiger partial charge on any atom is 0.254 e. The van der Waals surface area contributed by atoms with Crippen LogP contribution in [0.1, 0.15) is 41.2 Å². The highest BCUT2D eigenvalue weighted by Gasteiger charge is 2.19. The zero-order valence-electron chi connectivity index (χ0n) is 15.8. The summed E-state index contributed by atoms with van der Waals surface area (Å²) in [6.07, 6.45) is 0. The molecule has 0 aliphatic rings. The molecule has 3 rings (SSSR count). The molecule has 1 heterocycles. The zero-order valence-corrected chi connectivity index (χ0v) is 15.8. The molecule has 4 nitrogen and oxygen atoms in total. The van der Waals surface area contributed by atoms with Crippen molar-refractivity contribution in [3.63, 3.8) is 0 Å². The Morgan fingerprint density at radius 2 is 1.69 bits per heavy atom. The van der Waals surface area contributed by atoms with Crippen molar-refractivity contribution in [2.24, 2.45) is 0 Å². The summed E-state index contributed by atoms with van der Waals surface area (Å²) in [5.41, 5.74) is 4.85. The molecule has 1 aromatic heterocycles. The van der Waals surface area contributed by atoms with Crippen LogP contribution in [0.2, 0.25) is 0 Å². The van der Waals surface area contributed by atoms with E-state index in [2.05, 4.69) is 17.2 Å². The van der Waals surface area contributed by atoms with E-state index in [9.17, 15) is 4.79 Å². The summed E-state index contributed by atoms with van der Waals surface area (Å²) < 4.78 is 1.90. The summed E-state index contributed by atoms with van der Waals surface area (Å²) in [6.45, 7) is 8.71. The number of hydrogen-bond donors (Lipinski definition) is 0. The van der Waals surface area contributed by atoms with Crippen LogP contribution >= 0.6 is 0 Å². The maximum atomic E-state index is 13.0. The van der Waals surface area contributed by atoms with Crippen LogP contribution in [0.25, 0.3) is 5.69 Å². The van der Waals surface area contributed by atoms with E-state index in [-0.39, 0.29) is 11.9 Å². The lowest BCUT2D eigenvalue weighted by atomic mass is 10.1. The van der Waals surface area contributed by atoms with Crippen molar-refractivity contribution >= 4 is 5.91 Å². The minimum absolute atomic E-state index is 0.0452. The van der Waals surface area contributed by atoms with Gasteiger partial charge in [0.1, 0.15) is 0 Å². The number of carbonyl (C=O) groups excluding carboxylic acids is 1. The Bertz CT molecular complexity index is 880. The standard InChI is InChI=1S/C22H25N3O/c1-16(2)24(15-19-8-6-5-7-9-19)22(26)20-10-12-21(13-11-20)25-18(4)14-17(3)23-25/h5-14,16H,15H2,1-4H3. The van der Waals surface area contributed by atoms with E-state index < -0.39 is 0 Å². The topological polar surface area (TPSA) is 38.1 Å². The van der Waals surface area contributed by atoms with E-state index in [4.69, 9.17) is 0 Å². The largest absolute Gasteiger partial charge is 0.332 e. The molecule has 0 fully saturated rings. The SMILES string of the molecule is Cc1cc(C)n(-c2ccc(C(=O)N(Cc3ccccc3)C(C)C)cc2)n1. The fraction of sp³-hybridized carbons (Fsp3) is 0.273. The van der Waals surface area contributed by atoms with Gasteiger partial charge in [0.25, 0.3) is 5.91 Å². The predicted molar refractivity (Wildman–Crippen MR) is 104 cm³/mol. The third-order valence-corrected chi connectivity index (χ3v) is 4.45. The smallest absolute Gasteiger partial charge is 0.254 e. The van der Waals surface area contributed by atoms with Gasteiger partial charge in [0.2, 0.25) is 0 Å². The van der Waals surface area contributed by atoms with Gasteiger partial charge < -0.3 is 4.90 Å². The van der Waals surface area contributed by atoms with Crippen molar-refractivity contribution in [1.82, 2.24) is 14.7 Å². The zero-order chi connectivity index (χ0) is 18.7. The first kappa shape index (κ1) is 17.9. The number of benzene rings is 2. The number of hydrogen-bond acceptors (Lipinski definition) is 2.